The summed E-state index contributed by atoms with van der Waals surface area (Å²) in [4.78, 5) is 54.9. The number of hydrogen-bond donors (Lipinski definition) is 3. The lowest BCUT2D eigenvalue weighted by atomic mass is 9.95. The third-order valence-electron chi connectivity index (χ3n) is 7.96. The van der Waals surface area contributed by atoms with Crippen LogP contribution < -0.4 is 10.8 Å². The highest BCUT2D eigenvalue weighted by molar-refractivity contribution is 6.08. The number of hydrogen-bond acceptors (Lipinski definition) is 6. The topological polar surface area (TPSA) is 120 Å². The molecule has 10 nitrogen and oxygen atoms in total. The molecule has 1 aliphatic carbocycles. The molecule has 2 fully saturated rings. The second-order valence-electron chi connectivity index (χ2n) is 10.1. The van der Waals surface area contributed by atoms with Crippen LogP contribution in [0.4, 0.5) is 4.79 Å². The van der Waals surface area contributed by atoms with Crippen LogP contribution in [0.3, 0.4) is 0 Å². The summed E-state index contributed by atoms with van der Waals surface area (Å²) in [6.45, 7) is 1.07. The molecular formula is C26H24N6O4. The summed E-state index contributed by atoms with van der Waals surface area (Å²) in [6, 6.07) is 12.9. The molecule has 182 valence electrons. The Hall–Kier alpha value is -4.18. The van der Waals surface area contributed by atoms with Crippen LogP contribution in [0.2, 0.25) is 0 Å². The Morgan fingerprint density at radius 1 is 1.11 bits per heavy atom. The van der Waals surface area contributed by atoms with Crippen LogP contribution >= 0.6 is 0 Å². The van der Waals surface area contributed by atoms with Crippen LogP contribution in [0.25, 0.3) is 16.7 Å². The maximum atomic E-state index is 12.9. The predicted molar refractivity (Wildman–Crippen MR) is 129 cm³/mol. The van der Waals surface area contributed by atoms with Crippen molar-refractivity contribution in [3.05, 3.63) is 71.1 Å². The summed E-state index contributed by atoms with van der Waals surface area (Å²) in [5.74, 6) is 0.402. The molecule has 4 amide bonds. The van der Waals surface area contributed by atoms with E-state index < -0.39 is 11.1 Å². The smallest absolute Gasteiger partial charge is 0.324 e. The van der Waals surface area contributed by atoms with Gasteiger partial charge < -0.3 is 14.8 Å². The van der Waals surface area contributed by atoms with Gasteiger partial charge in [-0.05, 0) is 41.5 Å². The molecule has 7 rings (SSSR count). The lowest BCUT2D eigenvalue weighted by Gasteiger charge is -2.27. The Kier molecular flexibility index (Phi) is 4.21. The van der Waals surface area contributed by atoms with E-state index >= 15 is 0 Å². The van der Waals surface area contributed by atoms with E-state index in [1.165, 1.54) is 4.90 Å². The second-order valence-corrected chi connectivity index (χ2v) is 10.1. The van der Waals surface area contributed by atoms with Crippen molar-refractivity contribution in [3.63, 3.8) is 0 Å². The summed E-state index contributed by atoms with van der Waals surface area (Å²) in [6.07, 6.45) is 3.63. The quantitative estimate of drug-likeness (QED) is 0.477. The Bertz CT molecular complexity index is 1450. The highest BCUT2D eigenvalue weighted by Crippen LogP contribution is 2.39. The lowest BCUT2D eigenvalue weighted by molar-refractivity contribution is -0.125. The maximum Gasteiger partial charge on any atom is 0.324 e. The van der Waals surface area contributed by atoms with E-state index in [1.807, 2.05) is 53.4 Å². The number of imide groups is 1. The van der Waals surface area contributed by atoms with Crippen molar-refractivity contribution in [2.75, 3.05) is 20.1 Å². The Morgan fingerprint density at radius 3 is 2.64 bits per heavy atom. The van der Waals surface area contributed by atoms with Crippen LogP contribution in [-0.2, 0) is 22.5 Å². The molecule has 2 saturated heterocycles. The molecule has 3 N–H and O–H groups in total. The highest BCUT2D eigenvalue weighted by atomic mass is 16.7. The van der Waals surface area contributed by atoms with Gasteiger partial charge in [0.15, 0.2) is 5.82 Å². The van der Waals surface area contributed by atoms with Crippen molar-refractivity contribution < 1.29 is 19.2 Å². The number of rotatable bonds is 2. The van der Waals surface area contributed by atoms with Gasteiger partial charge in [0.05, 0.1) is 17.6 Å². The van der Waals surface area contributed by atoms with Crippen molar-refractivity contribution in [1.29, 1.82) is 0 Å². The zero-order chi connectivity index (χ0) is 24.7. The number of imidazole rings is 1. The summed E-state index contributed by atoms with van der Waals surface area (Å²) >= 11 is 0. The fourth-order valence-electron chi connectivity index (χ4n) is 5.87. The van der Waals surface area contributed by atoms with Gasteiger partial charge in [0, 0.05) is 38.4 Å². The first-order chi connectivity index (χ1) is 17.4. The number of urea groups is 1. The molecule has 3 aromatic rings. The predicted octanol–water partition coefficient (Wildman–Crippen LogP) is 1.74. The SMILES string of the molecule is CN1C(=O)NC(=O)C12Cc1cc3nc(C4=CC5(CCN(C(=O)c6ccccc6)C5)ON4)[nH]c3cc1C2. The third-order valence-corrected chi connectivity index (χ3v) is 7.96. The van der Waals surface area contributed by atoms with Crippen LogP contribution in [-0.4, -0.2) is 68.9 Å². The molecule has 2 aromatic carbocycles. The van der Waals surface area contributed by atoms with Gasteiger partial charge in [0.2, 0.25) is 0 Å². The van der Waals surface area contributed by atoms with Crippen LogP contribution in [0.1, 0.15) is 33.7 Å². The van der Waals surface area contributed by atoms with E-state index in [0.717, 1.165) is 27.9 Å². The van der Waals surface area contributed by atoms with Crippen molar-refractivity contribution in [1.82, 2.24) is 30.6 Å². The molecule has 0 radical (unpaired) electrons. The molecule has 36 heavy (non-hydrogen) atoms. The number of fused-ring (bicyclic) bond motifs is 2. The molecule has 0 saturated carbocycles. The van der Waals surface area contributed by atoms with Crippen molar-refractivity contribution in [2.45, 2.75) is 30.4 Å². The molecule has 2 unspecified atom stereocenters. The highest BCUT2D eigenvalue weighted by Gasteiger charge is 2.54. The number of likely N-dealkylation sites (tertiary alicyclic amines) is 1. The normalized spacial score (nSPS) is 24.1. The number of hydroxylamine groups is 1. The number of aromatic nitrogens is 2. The number of carbonyl (C=O) groups excluding carboxylic acids is 3. The van der Waals surface area contributed by atoms with E-state index in [2.05, 4.69) is 15.8 Å². The Labute approximate surface area is 206 Å². The second kappa shape index (κ2) is 7.17. The number of nitrogens with zero attached hydrogens (tertiary/aromatic N) is 3. The number of carbonyl (C=O) groups is 3. The van der Waals surface area contributed by atoms with Crippen molar-refractivity contribution in [3.8, 4) is 0 Å². The Balaban J connectivity index is 1.13. The average molecular weight is 485 g/mol. The number of aromatic amines is 1. The molecule has 3 aliphatic heterocycles. The van der Waals surface area contributed by atoms with Crippen molar-refractivity contribution >= 4 is 34.6 Å². The van der Waals surface area contributed by atoms with Gasteiger partial charge in [-0.15, -0.1) is 0 Å². The molecule has 4 aliphatic rings. The Morgan fingerprint density at radius 2 is 1.89 bits per heavy atom. The number of benzene rings is 2. The molecular weight excluding hydrogens is 460 g/mol. The van der Waals surface area contributed by atoms with Gasteiger partial charge in [0.1, 0.15) is 16.8 Å². The maximum absolute atomic E-state index is 12.9. The molecule has 10 heteroatoms. The van der Waals surface area contributed by atoms with Gasteiger partial charge in [-0.25, -0.2) is 9.78 Å². The van der Waals surface area contributed by atoms with E-state index in [1.54, 1.807) is 7.05 Å². The number of likely N-dealkylation sites (N-methyl/N-ethyl adjacent to an activating group) is 1. The molecule has 2 spiro atoms. The van der Waals surface area contributed by atoms with E-state index in [0.29, 0.717) is 43.7 Å². The molecule has 2 atom stereocenters. The van der Waals surface area contributed by atoms with Crippen LogP contribution in [0.5, 0.6) is 0 Å². The zero-order valence-electron chi connectivity index (χ0n) is 19.6. The van der Waals surface area contributed by atoms with E-state index in [-0.39, 0.29) is 17.8 Å². The molecule has 4 heterocycles. The minimum Gasteiger partial charge on any atom is -0.337 e. The largest absolute Gasteiger partial charge is 0.337 e. The summed E-state index contributed by atoms with van der Waals surface area (Å²) in [5.41, 5.74) is 6.64. The summed E-state index contributed by atoms with van der Waals surface area (Å²) in [7, 11) is 1.67. The number of nitrogens with one attached hydrogen (secondary N) is 3. The zero-order valence-corrected chi connectivity index (χ0v) is 19.6. The summed E-state index contributed by atoms with van der Waals surface area (Å²) < 4.78 is 0. The molecule has 0 bridgehead atoms. The van der Waals surface area contributed by atoms with Gasteiger partial charge in [-0.1, -0.05) is 18.2 Å². The summed E-state index contributed by atoms with van der Waals surface area (Å²) in [5, 5.41) is 2.43. The van der Waals surface area contributed by atoms with Crippen LogP contribution in [0, 0.1) is 0 Å². The minimum atomic E-state index is -0.859. The third kappa shape index (κ3) is 2.94. The van der Waals surface area contributed by atoms with E-state index in [9.17, 15) is 14.4 Å². The van der Waals surface area contributed by atoms with Crippen molar-refractivity contribution in [2.24, 2.45) is 0 Å². The van der Waals surface area contributed by atoms with Gasteiger partial charge in [-0.3, -0.25) is 25.2 Å². The standard InChI is InChI=1S/C26H24N6O4/c1-31-24(35)29-23(34)26(31)11-16-9-18-19(10-17(16)12-26)28-21(27-18)20-13-25(36-30-20)7-8-32(14-25)22(33)15-5-3-2-4-6-15/h2-6,9-10,13,30H,7-8,11-12,14H2,1H3,(H,27,28)(H,29,34,35). The fourth-order valence-corrected chi connectivity index (χ4v) is 5.87. The van der Waals surface area contributed by atoms with Gasteiger partial charge in [0.25, 0.3) is 11.8 Å². The average Bonchev–Trinajstić information content (AvgIpc) is 3.69. The number of H-pyrrole nitrogens is 1. The number of amides is 4. The first-order valence-corrected chi connectivity index (χ1v) is 12.0. The first kappa shape index (κ1) is 21.1. The fraction of sp³-hybridized carbons (Fsp3) is 0.308. The first-order valence-electron chi connectivity index (χ1n) is 12.0. The monoisotopic (exact) mass is 484 g/mol. The molecule has 1 aromatic heterocycles. The lowest BCUT2D eigenvalue weighted by Crippen LogP contribution is -2.48. The minimum absolute atomic E-state index is 0.00256. The van der Waals surface area contributed by atoms with Crippen LogP contribution in [0.15, 0.2) is 48.5 Å². The van der Waals surface area contributed by atoms with E-state index in [4.69, 9.17) is 9.82 Å². The van der Waals surface area contributed by atoms with Gasteiger partial charge in [-0.2, -0.15) is 0 Å². The van der Waals surface area contributed by atoms with Gasteiger partial charge >= 0.3 is 6.03 Å².